The van der Waals surface area contributed by atoms with E-state index in [4.69, 9.17) is 14.7 Å². The van der Waals surface area contributed by atoms with Gasteiger partial charge >= 0.3 is 14.2 Å². The van der Waals surface area contributed by atoms with E-state index in [-0.39, 0.29) is 31.3 Å². The highest BCUT2D eigenvalue weighted by Gasteiger charge is 2.38. The van der Waals surface area contributed by atoms with Crippen LogP contribution in [-0.4, -0.2) is 51.4 Å². The van der Waals surface area contributed by atoms with E-state index in [1.54, 1.807) is 27.7 Å². The quantitative estimate of drug-likeness (QED) is 0.429. The van der Waals surface area contributed by atoms with Crippen LogP contribution >= 0.6 is 0 Å². The van der Waals surface area contributed by atoms with Crippen LogP contribution in [0.4, 0.5) is 0 Å². The predicted molar refractivity (Wildman–Crippen MR) is 78.1 cm³/mol. The van der Waals surface area contributed by atoms with Gasteiger partial charge in [-0.05, 0) is 46.8 Å². The number of ketones is 1. The third-order valence-electron chi connectivity index (χ3n) is 3.49. The van der Waals surface area contributed by atoms with Crippen molar-refractivity contribution in [2.75, 3.05) is 0 Å². The van der Waals surface area contributed by atoms with Gasteiger partial charge < -0.3 is 24.8 Å². The van der Waals surface area contributed by atoms with Gasteiger partial charge in [-0.3, -0.25) is 4.79 Å². The third-order valence-corrected chi connectivity index (χ3v) is 3.49. The molecule has 0 atom stereocenters. The highest BCUT2D eigenvalue weighted by Crippen LogP contribution is 2.26. The fraction of sp³-hybridized carbons (Fsp3) is 0.917. The Hall–Kier alpha value is -0.400. The van der Waals surface area contributed by atoms with Crippen LogP contribution in [0.3, 0.4) is 0 Å². The molecule has 8 heteroatoms. The van der Waals surface area contributed by atoms with Gasteiger partial charge in [0, 0.05) is 12.8 Å². The zero-order valence-corrected chi connectivity index (χ0v) is 12.8. The first kappa shape index (κ1) is 19.6. The second-order valence-electron chi connectivity index (χ2n) is 6.09. The molecule has 0 aromatic carbocycles. The van der Waals surface area contributed by atoms with Crippen molar-refractivity contribution in [1.82, 2.24) is 0 Å². The Morgan fingerprint density at radius 1 is 1.05 bits per heavy atom. The van der Waals surface area contributed by atoms with Gasteiger partial charge in [-0.1, -0.05) is 0 Å². The summed E-state index contributed by atoms with van der Waals surface area (Å²) in [6.07, 6.45) is 1.13. The molecule has 0 saturated carbocycles. The van der Waals surface area contributed by atoms with Crippen LogP contribution in [0.1, 0.15) is 47.0 Å². The molecular formula is C12H26B2O6. The van der Waals surface area contributed by atoms with E-state index in [2.05, 4.69) is 0 Å². The van der Waals surface area contributed by atoms with E-state index in [9.17, 15) is 14.9 Å². The van der Waals surface area contributed by atoms with Gasteiger partial charge in [-0.25, -0.2) is 0 Å². The molecule has 0 aliphatic carbocycles. The number of carbonyl (C=O) groups excluding carboxylic acids is 1. The van der Waals surface area contributed by atoms with E-state index >= 15 is 0 Å². The fourth-order valence-electron chi connectivity index (χ4n) is 1.43. The molecule has 4 N–H and O–H groups in total. The fourth-order valence-corrected chi connectivity index (χ4v) is 1.43. The Bertz CT molecular complexity index is 301. The lowest BCUT2D eigenvalue weighted by Crippen LogP contribution is -2.50. The highest BCUT2D eigenvalue weighted by molar-refractivity contribution is 6.43. The van der Waals surface area contributed by atoms with Crippen molar-refractivity contribution >= 4 is 20.0 Å². The largest absolute Gasteiger partial charge is 0.455 e. The molecule has 0 radical (unpaired) electrons. The number of hydrogen-bond acceptors (Lipinski definition) is 6. The van der Waals surface area contributed by atoms with Crippen molar-refractivity contribution in [2.45, 2.75) is 70.8 Å². The molecule has 0 aliphatic heterocycles. The summed E-state index contributed by atoms with van der Waals surface area (Å²) in [4.78, 5) is 11.5. The van der Waals surface area contributed by atoms with Crippen molar-refractivity contribution in [3.63, 3.8) is 0 Å². The lowest BCUT2D eigenvalue weighted by molar-refractivity contribution is -0.119. The minimum absolute atomic E-state index is 0.0608. The van der Waals surface area contributed by atoms with Gasteiger partial charge in [0.1, 0.15) is 5.78 Å². The topological polar surface area (TPSA) is 107 Å². The Kier molecular flexibility index (Phi) is 7.98. The maximum atomic E-state index is 11.5. The van der Waals surface area contributed by atoms with Crippen molar-refractivity contribution in [2.24, 2.45) is 0 Å². The standard InChI is InChI=1S/C12H26B2O6/c1-11(2,16)12(3,4)20-14(19)9-7-10(15)6-5-8-13(17)18/h16-19H,5-9H2,1-4H3. The molecule has 0 fully saturated rings. The minimum atomic E-state index is -1.38. The maximum Gasteiger partial charge on any atom is 0.455 e. The SMILES string of the molecule is CC(C)(O)C(C)(C)OB(O)CCC(=O)CCCB(O)O. The molecular weight excluding hydrogens is 262 g/mol. The van der Waals surface area contributed by atoms with E-state index in [0.717, 1.165) is 0 Å². The van der Waals surface area contributed by atoms with Crippen molar-refractivity contribution < 1.29 is 29.6 Å². The van der Waals surface area contributed by atoms with Crippen LogP contribution in [-0.2, 0) is 9.45 Å². The summed E-state index contributed by atoms with van der Waals surface area (Å²) in [5.41, 5.74) is -2.05. The molecule has 0 bridgehead atoms. The summed E-state index contributed by atoms with van der Waals surface area (Å²) in [6, 6.07) is 0. The number of aliphatic hydroxyl groups is 1. The Morgan fingerprint density at radius 2 is 1.60 bits per heavy atom. The third kappa shape index (κ3) is 8.01. The molecule has 0 spiro atoms. The second kappa shape index (κ2) is 8.14. The summed E-state index contributed by atoms with van der Waals surface area (Å²) in [5.74, 6) is -0.0608. The summed E-state index contributed by atoms with van der Waals surface area (Å²) >= 11 is 0. The number of carbonyl (C=O) groups is 1. The molecule has 0 heterocycles. The van der Waals surface area contributed by atoms with Gasteiger partial charge in [0.15, 0.2) is 0 Å². The predicted octanol–water partition coefficient (Wildman–Crippen LogP) is 0.245. The second-order valence-corrected chi connectivity index (χ2v) is 6.09. The monoisotopic (exact) mass is 288 g/mol. The lowest BCUT2D eigenvalue weighted by Gasteiger charge is -2.38. The molecule has 6 nitrogen and oxygen atoms in total. The summed E-state index contributed by atoms with van der Waals surface area (Å²) in [7, 11) is -2.51. The number of hydrogen-bond donors (Lipinski definition) is 4. The van der Waals surface area contributed by atoms with E-state index in [1.165, 1.54) is 0 Å². The van der Waals surface area contributed by atoms with E-state index < -0.39 is 25.4 Å². The van der Waals surface area contributed by atoms with Crippen LogP contribution in [0.15, 0.2) is 0 Å². The van der Waals surface area contributed by atoms with Crippen molar-refractivity contribution in [1.29, 1.82) is 0 Å². The summed E-state index contributed by atoms with van der Waals surface area (Å²) in [5, 5.41) is 36.9. The van der Waals surface area contributed by atoms with Gasteiger partial charge in [0.2, 0.25) is 0 Å². The first-order chi connectivity index (χ1) is 8.95. The molecule has 20 heavy (non-hydrogen) atoms. The number of rotatable bonds is 10. The molecule has 0 saturated heterocycles. The average Bonchev–Trinajstić information content (AvgIpc) is 2.23. The van der Waals surface area contributed by atoms with Crippen molar-refractivity contribution in [3.05, 3.63) is 0 Å². The maximum absolute atomic E-state index is 11.5. The zero-order chi connectivity index (χ0) is 16.0. The first-order valence-corrected chi connectivity index (χ1v) is 6.92. The smallest absolute Gasteiger partial charge is 0.427 e. The van der Waals surface area contributed by atoms with Gasteiger partial charge in [-0.15, -0.1) is 0 Å². The Balaban J connectivity index is 3.99. The Labute approximate surface area is 121 Å². The molecule has 0 aromatic rings. The van der Waals surface area contributed by atoms with Crippen molar-refractivity contribution in [3.8, 4) is 0 Å². The van der Waals surface area contributed by atoms with Crippen LogP contribution in [0.25, 0.3) is 0 Å². The molecule has 116 valence electrons. The summed E-state index contributed by atoms with van der Waals surface area (Å²) < 4.78 is 5.37. The Morgan fingerprint density at radius 3 is 2.05 bits per heavy atom. The van der Waals surface area contributed by atoms with Crippen LogP contribution < -0.4 is 0 Å². The highest BCUT2D eigenvalue weighted by atomic mass is 16.5. The van der Waals surface area contributed by atoms with Crippen LogP contribution in [0, 0.1) is 0 Å². The van der Waals surface area contributed by atoms with Crippen LogP contribution in [0.2, 0.25) is 12.6 Å². The molecule has 0 rings (SSSR count). The van der Waals surface area contributed by atoms with Crippen LogP contribution in [0.5, 0.6) is 0 Å². The summed E-state index contributed by atoms with van der Waals surface area (Å²) in [6.45, 7) is 6.51. The normalized spacial score (nSPS) is 12.4. The molecule has 0 unspecified atom stereocenters. The lowest BCUT2D eigenvalue weighted by atomic mass is 9.78. The van der Waals surface area contributed by atoms with Gasteiger partial charge in [0.25, 0.3) is 0 Å². The molecule has 0 aromatic heterocycles. The van der Waals surface area contributed by atoms with Gasteiger partial charge in [0.05, 0.1) is 11.2 Å². The van der Waals surface area contributed by atoms with E-state index in [0.29, 0.717) is 6.42 Å². The zero-order valence-electron chi connectivity index (χ0n) is 12.8. The van der Waals surface area contributed by atoms with E-state index in [1.807, 2.05) is 0 Å². The minimum Gasteiger partial charge on any atom is -0.427 e. The van der Waals surface area contributed by atoms with Gasteiger partial charge in [-0.2, -0.15) is 0 Å². The average molecular weight is 288 g/mol. The molecule has 0 amide bonds. The first-order valence-electron chi connectivity index (χ1n) is 6.92. The number of Topliss-reactive ketones (excluding diaryl/α,β-unsaturated/α-hetero) is 1. The molecule has 0 aliphatic rings.